The maximum Gasteiger partial charge on any atom is 0.137 e. The van der Waals surface area contributed by atoms with Crippen molar-refractivity contribution in [2.24, 2.45) is 0 Å². The molecular weight excluding hydrogens is 162 g/mol. The number of rotatable bonds is 5. The van der Waals surface area contributed by atoms with Crippen molar-refractivity contribution >= 4 is 0 Å². The normalized spacial score (nSPS) is 9.62. The monoisotopic (exact) mass is 178 g/mol. The van der Waals surface area contributed by atoms with Crippen LogP contribution in [0.25, 0.3) is 0 Å². The van der Waals surface area contributed by atoms with Crippen molar-refractivity contribution in [1.82, 2.24) is 0 Å². The third-order valence-corrected chi connectivity index (χ3v) is 1.74. The van der Waals surface area contributed by atoms with Crippen LogP contribution in [0.3, 0.4) is 0 Å². The molecule has 2 nitrogen and oxygen atoms in total. The average molecular weight is 178 g/mol. The highest BCUT2D eigenvalue weighted by molar-refractivity contribution is 5.34. The van der Waals surface area contributed by atoms with Gasteiger partial charge in [0.15, 0.2) is 0 Å². The minimum Gasteiger partial charge on any atom is -0.487 e. The number of quaternary nitrogens is 1. The molecule has 0 amide bonds. The standard InChI is InChI=1S/C11H15NO/c1-2-5-10-6-3-4-7-11(10)13-9-8-12/h2-4,6-7H,1,5,8-9,12H2/p+1. The van der Waals surface area contributed by atoms with E-state index in [9.17, 15) is 0 Å². The molecule has 0 heterocycles. The zero-order chi connectivity index (χ0) is 9.52. The fourth-order valence-corrected chi connectivity index (χ4v) is 1.15. The summed E-state index contributed by atoms with van der Waals surface area (Å²) in [7, 11) is 0. The highest BCUT2D eigenvalue weighted by Gasteiger charge is 1.99. The van der Waals surface area contributed by atoms with Gasteiger partial charge in [0.2, 0.25) is 0 Å². The second-order valence-corrected chi connectivity index (χ2v) is 2.80. The smallest absolute Gasteiger partial charge is 0.137 e. The molecule has 13 heavy (non-hydrogen) atoms. The third-order valence-electron chi connectivity index (χ3n) is 1.74. The van der Waals surface area contributed by atoms with E-state index in [1.165, 1.54) is 5.56 Å². The summed E-state index contributed by atoms with van der Waals surface area (Å²) in [5.41, 5.74) is 4.92. The van der Waals surface area contributed by atoms with E-state index in [4.69, 9.17) is 4.74 Å². The molecule has 0 aliphatic carbocycles. The van der Waals surface area contributed by atoms with Crippen LogP contribution in [0.5, 0.6) is 5.75 Å². The van der Waals surface area contributed by atoms with E-state index in [2.05, 4.69) is 18.4 Å². The Kier molecular flexibility index (Phi) is 4.06. The zero-order valence-corrected chi connectivity index (χ0v) is 7.83. The molecule has 2 heteroatoms. The number of hydrogen-bond donors (Lipinski definition) is 1. The Hall–Kier alpha value is -1.28. The Morgan fingerprint density at radius 3 is 2.85 bits per heavy atom. The van der Waals surface area contributed by atoms with Gasteiger partial charge in [-0.15, -0.1) is 6.58 Å². The fraction of sp³-hybridized carbons (Fsp3) is 0.273. The van der Waals surface area contributed by atoms with Crippen molar-refractivity contribution in [3.05, 3.63) is 42.5 Å². The van der Waals surface area contributed by atoms with Crippen molar-refractivity contribution in [2.75, 3.05) is 13.2 Å². The van der Waals surface area contributed by atoms with E-state index in [0.29, 0.717) is 6.61 Å². The lowest BCUT2D eigenvalue weighted by atomic mass is 10.1. The van der Waals surface area contributed by atoms with Crippen LogP contribution in [0, 0.1) is 0 Å². The second kappa shape index (κ2) is 5.38. The molecule has 0 aliphatic rings. The fourth-order valence-electron chi connectivity index (χ4n) is 1.15. The number of ether oxygens (including phenoxy) is 1. The van der Waals surface area contributed by atoms with Gasteiger partial charge >= 0.3 is 0 Å². The van der Waals surface area contributed by atoms with E-state index in [-0.39, 0.29) is 0 Å². The van der Waals surface area contributed by atoms with E-state index in [0.717, 1.165) is 18.7 Å². The first-order valence-corrected chi connectivity index (χ1v) is 4.49. The zero-order valence-electron chi connectivity index (χ0n) is 7.83. The van der Waals surface area contributed by atoms with E-state index in [1.54, 1.807) is 0 Å². The number of hydrogen-bond acceptors (Lipinski definition) is 1. The van der Waals surface area contributed by atoms with Crippen LogP contribution in [0.15, 0.2) is 36.9 Å². The van der Waals surface area contributed by atoms with Gasteiger partial charge in [0.1, 0.15) is 18.9 Å². The largest absolute Gasteiger partial charge is 0.487 e. The minimum atomic E-state index is 0.675. The Bertz CT molecular complexity index is 271. The topological polar surface area (TPSA) is 36.9 Å². The minimum absolute atomic E-state index is 0.675. The molecule has 1 aromatic carbocycles. The predicted octanol–water partition coefficient (Wildman–Crippen LogP) is 1.04. The van der Waals surface area contributed by atoms with Crippen molar-refractivity contribution in [2.45, 2.75) is 6.42 Å². The summed E-state index contributed by atoms with van der Waals surface area (Å²) in [5, 5.41) is 0. The summed E-state index contributed by atoms with van der Waals surface area (Å²) in [5.74, 6) is 0.950. The molecule has 0 aliphatic heterocycles. The molecule has 70 valence electrons. The summed E-state index contributed by atoms with van der Waals surface area (Å²) in [6.45, 7) is 5.18. The van der Waals surface area contributed by atoms with Gasteiger partial charge in [-0.05, 0) is 18.1 Å². The van der Waals surface area contributed by atoms with Crippen LogP contribution in [0.2, 0.25) is 0 Å². The first-order chi connectivity index (χ1) is 6.38. The number of para-hydroxylation sites is 1. The SMILES string of the molecule is C=CCc1ccccc1OCC[NH3+]. The number of allylic oxidation sites excluding steroid dienone is 1. The van der Waals surface area contributed by atoms with E-state index in [1.807, 2.05) is 24.3 Å². The molecule has 1 aromatic rings. The van der Waals surface area contributed by atoms with Crippen molar-refractivity contribution in [3.8, 4) is 5.75 Å². The average Bonchev–Trinajstić information content (AvgIpc) is 2.17. The lowest BCUT2D eigenvalue weighted by Gasteiger charge is -2.07. The molecular formula is C11H16NO+. The van der Waals surface area contributed by atoms with Crippen LogP contribution < -0.4 is 10.5 Å². The van der Waals surface area contributed by atoms with Gasteiger partial charge < -0.3 is 10.5 Å². The van der Waals surface area contributed by atoms with Gasteiger partial charge in [-0.3, -0.25) is 0 Å². The lowest BCUT2D eigenvalue weighted by Crippen LogP contribution is -2.52. The van der Waals surface area contributed by atoms with Crippen molar-refractivity contribution in [1.29, 1.82) is 0 Å². The summed E-state index contributed by atoms with van der Waals surface area (Å²) in [6, 6.07) is 8.02. The van der Waals surface area contributed by atoms with Crippen LogP contribution in [0.1, 0.15) is 5.56 Å². The number of benzene rings is 1. The van der Waals surface area contributed by atoms with E-state index >= 15 is 0 Å². The van der Waals surface area contributed by atoms with Gasteiger partial charge in [-0.1, -0.05) is 24.3 Å². The Morgan fingerprint density at radius 1 is 1.38 bits per heavy atom. The van der Waals surface area contributed by atoms with Gasteiger partial charge in [0, 0.05) is 0 Å². The van der Waals surface area contributed by atoms with Crippen LogP contribution in [-0.4, -0.2) is 13.2 Å². The molecule has 1 rings (SSSR count). The molecule has 3 N–H and O–H groups in total. The second-order valence-electron chi connectivity index (χ2n) is 2.80. The Morgan fingerprint density at radius 2 is 2.15 bits per heavy atom. The quantitative estimate of drug-likeness (QED) is 0.672. The van der Waals surface area contributed by atoms with Gasteiger partial charge in [0.05, 0.1) is 0 Å². The molecule has 0 unspecified atom stereocenters. The maximum atomic E-state index is 5.53. The highest BCUT2D eigenvalue weighted by Crippen LogP contribution is 2.18. The van der Waals surface area contributed by atoms with Crippen molar-refractivity contribution in [3.63, 3.8) is 0 Å². The first-order valence-electron chi connectivity index (χ1n) is 4.49. The Balaban J connectivity index is 2.71. The molecule has 0 aromatic heterocycles. The van der Waals surface area contributed by atoms with Crippen molar-refractivity contribution < 1.29 is 10.5 Å². The van der Waals surface area contributed by atoms with Gasteiger partial charge in [-0.25, -0.2) is 0 Å². The molecule has 0 spiro atoms. The van der Waals surface area contributed by atoms with Crippen LogP contribution in [-0.2, 0) is 6.42 Å². The highest BCUT2D eigenvalue weighted by atomic mass is 16.5. The first kappa shape index (κ1) is 9.81. The summed E-state index contributed by atoms with van der Waals surface area (Å²) >= 11 is 0. The lowest BCUT2D eigenvalue weighted by molar-refractivity contribution is -0.370. The maximum absolute atomic E-state index is 5.53. The summed E-state index contributed by atoms with van der Waals surface area (Å²) in [6.07, 6.45) is 2.74. The molecule has 0 atom stereocenters. The molecule has 0 radical (unpaired) electrons. The Labute approximate surface area is 79.0 Å². The summed E-state index contributed by atoms with van der Waals surface area (Å²) in [4.78, 5) is 0. The van der Waals surface area contributed by atoms with Crippen LogP contribution >= 0.6 is 0 Å². The van der Waals surface area contributed by atoms with Crippen LogP contribution in [0.4, 0.5) is 0 Å². The third kappa shape index (κ3) is 2.92. The van der Waals surface area contributed by atoms with Gasteiger partial charge in [-0.2, -0.15) is 0 Å². The van der Waals surface area contributed by atoms with E-state index < -0.39 is 0 Å². The molecule has 0 saturated carbocycles. The molecule has 0 fully saturated rings. The molecule has 0 saturated heterocycles. The predicted molar refractivity (Wildman–Crippen MR) is 53.6 cm³/mol. The van der Waals surface area contributed by atoms with Gasteiger partial charge in [0.25, 0.3) is 0 Å². The summed E-state index contributed by atoms with van der Waals surface area (Å²) < 4.78 is 5.53. The molecule has 0 bridgehead atoms.